The molecule has 2 rings (SSSR count). The van der Waals surface area contributed by atoms with Gasteiger partial charge in [0, 0.05) is 0 Å². The van der Waals surface area contributed by atoms with E-state index in [2.05, 4.69) is 22.5 Å². The monoisotopic (exact) mass is 279 g/mol. The third kappa shape index (κ3) is 3.08. The van der Waals surface area contributed by atoms with Crippen molar-refractivity contribution in [3.8, 4) is 5.75 Å². The van der Waals surface area contributed by atoms with E-state index in [0.29, 0.717) is 5.02 Å². The Bertz CT molecular complexity index is 536. The molecule has 1 aromatic carbocycles. The van der Waals surface area contributed by atoms with E-state index in [1.54, 1.807) is 13.3 Å². The molecule has 0 radical (unpaired) electrons. The highest BCUT2D eigenvalue weighted by Crippen LogP contribution is 2.21. The molecule has 0 aliphatic heterocycles. The molecule has 0 aliphatic rings. The summed E-state index contributed by atoms with van der Waals surface area (Å²) in [4.78, 5) is 0. The van der Waals surface area contributed by atoms with Crippen LogP contribution >= 0.6 is 11.6 Å². The molecule has 1 unspecified atom stereocenters. The van der Waals surface area contributed by atoms with Crippen molar-refractivity contribution in [3.05, 3.63) is 46.7 Å². The molecule has 1 heterocycles. The number of nitrogens with one attached hydrogen (secondary N) is 1. The zero-order valence-electron chi connectivity index (χ0n) is 11.4. The van der Waals surface area contributed by atoms with Crippen LogP contribution in [0.3, 0.4) is 0 Å². The van der Waals surface area contributed by atoms with E-state index in [9.17, 15) is 0 Å². The van der Waals surface area contributed by atoms with E-state index in [0.717, 1.165) is 18.0 Å². The number of ether oxygens (including phenoxy) is 1. The zero-order chi connectivity index (χ0) is 13.8. The second kappa shape index (κ2) is 6.08. The number of likely N-dealkylation sites (N-methyl/N-ethyl adjacent to an activating group) is 1. The number of rotatable bonds is 5. The van der Waals surface area contributed by atoms with Gasteiger partial charge < -0.3 is 10.1 Å². The maximum absolute atomic E-state index is 6.02. The van der Waals surface area contributed by atoms with Crippen molar-refractivity contribution in [2.75, 3.05) is 14.2 Å². The van der Waals surface area contributed by atoms with Crippen LogP contribution in [-0.2, 0) is 6.54 Å². The molecule has 1 aromatic heterocycles. The van der Waals surface area contributed by atoms with Gasteiger partial charge in [0.1, 0.15) is 5.75 Å². The Labute approximate surface area is 118 Å². The van der Waals surface area contributed by atoms with Gasteiger partial charge in [0.05, 0.1) is 36.6 Å². The Morgan fingerprint density at radius 1 is 1.37 bits per heavy atom. The summed E-state index contributed by atoms with van der Waals surface area (Å²) in [5.74, 6) is 0.858. The first-order valence-corrected chi connectivity index (χ1v) is 6.52. The van der Waals surface area contributed by atoms with E-state index >= 15 is 0 Å². The minimum atomic E-state index is 0.181. The van der Waals surface area contributed by atoms with Gasteiger partial charge in [0.2, 0.25) is 0 Å². The van der Waals surface area contributed by atoms with Crippen molar-refractivity contribution in [2.24, 2.45) is 0 Å². The fourth-order valence-corrected chi connectivity index (χ4v) is 2.12. The van der Waals surface area contributed by atoms with Crippen LogP contribution in [0.2, 0.25) is 5.02 Å². The van der Waals surface area contributed by atoms with Gasteiger partial charge >= 0.3 is 0 Å². The summed E-state index contributed by atoms with van der Waals surface area (Å²) in [6.07, 6.45) is 1.68. The number of halogens is 1. The minimum absolute atomic E-state index is 0.181. The fourth-order valence-electron chi connectivity index (χ4n) is 1.98. The molecule has 0 saturated heterocycles. The molecule has 0 amide bonds. The highest BCUT2D eigenvalue weighted by Gasteiger charge is 2.13. The van der Waals surface area contributed by atoms with Gasteiger partial charge in [-0.15, -0.1) is 0 Å². The van der Waals surface area contributed by atoms with Gasteiger partial charge in [0.15, 0.2) is 0 Å². The maximum atomic E-state index is 6.02. The number of benzene rings is 1. The van der Waals surface area contributed by atoms with E-state index in [1.165, 1.54) is 5.56 Å². The van der Waals surface area contributed by atoms with Gasteiger partial charge in [-0.05, 0) is 31.7 Å². The van der Waals surface area contributed by atoms with Crippen LogP contribution in [0.4, 0.5) is 0 Å². The number of aromatic nitrogens is 2. The van der Waals surface area contributed by atoms with Crippen LogP contribution < -0.4 is 10.1 Å². The largest absolute Gasteiger partial charge is 0.497 e. The van der Waals surface area contributed by atoms with Crippen LogP contribution in [0.1, 0.15) is 17.3 Å². The van der Waals surface area contributed by atoms with Crippen molar-refractivity contribution in [3.63, 3.8) is 0 Å². The Morgan fingerprint density at radius 2 is 2.05 bits per heavy atom. The third-order valence-corrected chi connectivity index (χ3v) is 3.64. The highest BCUT2D eigenvalue weighted by atomic mass is 35.5. The molecule has 0 saturated carbocycles. The molecule has 5 heteroatoms. The first-order chi connectivity index (χ1) is 9.15. The standard InChI is InChI=1S/C14H18ClN3O/c1-10-13(15)8-17-18(10)9-14(16-2)11-4-6-12(19-3)7-5-11/h4-8,14,16H,9H2,1-3H3. The number of nitrogens with zero attached hydrogens (tertiary/aromatic N) is 2. The lowest BCUT2D eigenvalue weighted by Gasteiger charge is -2.18. The van der Waals surface area contributed by atoms with Crippen molar-refractivity contribution in [1.29, 1.82) is 0 Å². The summed E-state index contributed by atoms with van der Waals surface area (Å²) in [6, 6.07) is 8.21. The van der Waals surface area contributed by atoms with Crippen LogP contribution in [-0.4, -0.2) is 23.9 Å². The Kier molecular flexibility index (Phi) is 4.45. The summed E-state index contributed by atoms with van der Waals surface area (Å²) in [7, 11) is 3.61. The van der Waals surface area contributed by atoms with Gasteiger partial charge in [-0.3, -0.25) is 4.68 Å². The predicted octanol–water partition coefficient (Wildman–Crippen LogP) is 2.81. The first kappa shape index (κ1) is 13.9. The van der Waals surface area contributed by atoms with E-state index in [4.69, 9.17) is 16.3 Å². The average Bonchev–Trinajstić information content (AvgIpc) is 2.76. The predicted molar refractivity (Wildman–Crippen MR) is 76.8 cm³/mol. The van der Waals surface area contributed by atoms with E-state index in [1.807, 2.05) is 30.8 Å². The lowest BCUT2D eigenvalue weighted by Crippen LogP contribution is -2.23. The van der Waals surface area contributed by atoms with Gasteiger partial charge in [-0.25, -0.2) is 0 Å². The summed E-state index contributed by atoms with van der Waals surface area (Å²) in [5, 5.41) is 8.28. The van der Waals surface area contributed by atoms with Crippen molar-refractivity contribution in [2.45, 2.75) is 19.5 Å². The Morgan fingerprint density at radius 3 is 2.53 bits per heavy atom. The molecule has 102 valence electrons. The molecular formula is C14H18ClN3O. The van der Waals surface area contributed by atoms with Gasteiger partial charge in [-0.1, -0.05) is 23.7 Å². The molecular weight excluding hydrogens is 262 g/mol. The maximum Gasteiger partial charge on any atom is 0.118 e. The van der Waals surface area contributed by atoms with Crippen LogP contribution in [0.25, 0.3) is 0 Å². The van der Waals surface area contributed by atoms with E-state index in [-0.39, 0.29) is 6.04 Å². The first-order valence-electron chi connectivity index (χ1n) is 6.15. The molecule has 0 spiro atoms. The molecule has 2 aromatic rings. The number of hydrogen-bond acceptors (Lipinski definition) is 3. The summed E-state index contributed by atoms with van der Waals surface area (Å²) in [5.41, 5.74) is 2.17. The highest BCUT2D eigenvalue weighted by molar-refractivity contribution is 6.31. The quantitative estimate of drug-likeness (QED) is 0.915. The second-order valence-electron chi connectivity index (χ2n) is 4.37. The summed E-state index contributed by atoms with van der Waals surface area (Å²) >= 11 is 6.02. The zero-order valence-corrected chi connectivity index (χ0v) is 12.1. The topological polar surface area (TPSA) is 39.1 Å². The lowest BCUT2D eigenvalue weighted by atomic mass is 10.1. The Balaban J connectivity index is 2.17. The molecule has 1 N–H and O–H groups in total. The van der Waals surface area contributed by atoms with E-state index < -0.39 is 0 Å². The van der Waals surface area contributed by atoms with Crippen molar-refractivity contribution in [1.82, 2.24) is 15.1 Å². The molecule has 0 bridgehead atoms. The van der Waals surface area contributed by atoms with Crippen LogP contribution in [0, 0.1) is 6.92 Å². The number of methoxy groups -OCH3 is 1. The number of hydrogen-bond donors (Lipinski definition) is 1. The average molecular weight is 280 g/mol. The fraction of sp³-hybridized carbons (Fsp3) is 0.357. The third-order valence-electron chi connectivity index (χ3n) is 3.27. The summed E-state index contributed by atoms with van der Waals surface area (Å²) in [6.45, 7) is 2.71. The SMILES string of the molecule is CNC(Cn1ncc(Cl)c1C)c1ccc(OC)cc1. The Hall–Kier alpha value is -1.52. The summed E-state index contributed by atoms with van der Waals surface area (Å²) < 4.78 is 7.08. The van der Waals surface area contributed by atoms with Crippen LogP contribution in [0.15, 0.2) is 30.5 Å². The molecule has 1 atom stereocenters. The van der Waals surface area contributed by atoms with Crippen molar-refractivity contribution >= 4 is 11.6 Å². The molecule has 0 fully saturated rings. The van der Waals surface area contributed by atoms with Gasteiger partial charge in [0.25, 0.3) is 0 Å². The van der Waals surface area contributed by atoms with Gasteiger partial charge in [-0.2, -0.15) is 5.10 Å². The van der Waals surface area contributed by atoms with Crippen molar-refractivity contribution < 1.29 is 4.74 Å². The molecule has 4 nitrogen and oxygen atoms in total. The minimum Gasteiger partial charge on any atom is -0.497 e. The second-order valence-corrected chi connectivity index (χ2v) is 4.78. The van der Waals surface area contributed by atoms with Crippen LogP contribution in [0.5, 0.6) is 5.75 Å². The smallest absolute Gasteiger partial charge is 0.118 e. The molecule has 0 aliphatic carbocycles. The normalized spacial score (nSPS) is 12.4. The lowest BCUT2D eigenvalue weighted by molar-refractivity contribution is 0.413. The molecule has 19 heavy (non-hydrogen) atoms.